The van der Waals surface area contributed by atoms with Gasteiger partial charge in [-0.25, -0.2) is 0 Å². The summed E-state index contributed by atoms with van der Waals surface area (Å²) >= 11 is 1.77. The van der Waals surface area contributed by atoms with E-state index in [0.717, 1.165) is 60.8 Å². The van der Waals surface area contributed by atoms with Crippen molar-refractivity contribution < 1.29 is 25.4 Å². The van der Waals surface area contributed by atoms with Crippen LogP contribution in [0.25, 0.3) is 0 Å². The van der Waals surface area contributed by atoms with Gasteiger partial charge < -0.3 is 0 Å². The number of hydrogen-bond donors (Lipinski definition) is 0. The van der Waals surface area contributed by atoms with E-state index in [-0.39, 0.29) is 5.92 Å². The van der Waals surface area contributed by atoms with Crippen LogP contribution in [-0.4, -0.2) is 66.4 Å². The Kier molecular flexibility index (Phi) is 29.1. The summed E-state index contributed by atoms with van der Waals surface area (Å²) in [5.41, 5.74) is 28.2. The number of halogens is 6. The maximum atomic E-state index is 7.26. The van der Waals surface area contributed by atoms with Gasteiger partial charge >= 0.3 is 370 Å². The molecule has 7 aromatic rings. The summed E-state index contributed by atoms with van der Waals surface area (Å²) in [6.45, 7) is 33.8. The molecule has 0 amide bonds. The van der Waals surface area contributed by atoms with Crippen LogP contribution < -0.4 is 19.6 Å². The molecule has 0 unspecified atom stereocenters. The first-order valence-corrected chi connectivity index (χ1v) is 50.0. The van der Waals surface area contributed by atoms with Crippen LogP contribution >= 0.6 is 78.5 Å². The van der Waals surface area contributed by atoms with Gasteiger partial charge in [-0.05, 0) is 117 Å². The van der Waals surface area contributed by atoms with E-state index < -0.39 is 25.4 Å². The van der Waals surface area contributed by atoms with Gasteiger partial charge in [-0.1, -0.05) is 96.0 Å². The van der Waals surface area contributed by atoms with Crippen LogP contribution in [0.1, 0.15) is 200 Å². The molecule has 0 spiro atoms. The number of allylic oxidation sites excluding steroid dienone is 2. The Morgan fingerprint density at radius 2 is 0.773 bits per heavy atom. The van der Waals surface area contributed by atoms with Crippen LogP contribution in [0, 0.1) is 83.1 Å². The fourth-order valence-corrected chi connectivity index (χ4v) is 30.5. The Balaban J connectivity index is 0.000000154. The van der Waals surface area contributed by atoms with E-state index in [0.29, 0.717) is 7.92 Å². The molecule has 5 aliphatic rings. The van der Waals surface area contributed by atoms with Crippen molar-refractivity contribution in [1.29, 1.82) is 0 Å². The van der Waals surface area contributed by atoms with Gasteiger partial charge in [-0.15, -0.1) is 0 Å². The molecule has 0 radical (unpaired) electrons. The zero-order valence-corrected chi connectivity index (χ0v) is 70.5. The first-order chi connectivity index (χ1) is 46.3. The Morgan fingerprint density at radius 3 is 1.07 bits per heavy atom. The summed E-state index contributed by atoms with van der Waals surface area (Å²) in [4.78, 5) is 18.6. The third kappa shape index (κ3) is 19.7. The molecule has 0 N–H and O–H groups in total. The van der Waals surface area contributed by atoms with Gasteiger partial charge in [0, 0.05) is 21.3 Å². The Hall–Kier alpha value is -3.25. The van der Waals surface area contributed by atoms with Crippen LogP contribution in [-0.2, 0) is 25.4 Å². The monoisotopic (exact) mass is 1710 g/mol. The van der Waals surface area contributed by atoms with Crippen molar-refractivity contribution in [2.45, 2.75) is 216 Å². The molecule has 0 bridgehead atoms. The first-order valence-electron chi connectivity index (χ1n) is 35.1. The van der Waals surface area contributed by atoms with Crippen LogP contribution in [0.5, 0.6) is 0 Å². The quantitative estimate of drug-likeness (QED) is 0.0949. The Labute approximate surface area is 625 Å². The van der Waals surface area contributed by atoms with Gasteiger partial charge in [-0.2, -0.15) is 0 Å². The van der Waals surface area contributed by atoms with Crippen molar-refractivity contribution in [2.24, 2.45) is 0 Å². The van der Waals surface area contributed by atoms with E-state index in [1.54, 1.807) is 77.0 Å². The second-order valence-electron chi connectivity index (χ2n) is 28.0. The predicted molar refractivity (Wildman–Crippen MR) is 430 cm³/mol. The average Bonchev–Trinajstić information content (AvgIpc) is 1.65. The summed E-state index contributed by atoms with van der Waals surface area (Å²) in [6.07, 6.45) is 29.3. The summed E-state index contributed by atoms with van der Waals surface area (Å²) in [5.74, 6) is -0.0163. The number of benzene rings is 5. The van der Waals surface area contributed by atoms with Gasteiger partial charge in [0.25, 0.3) is 0 Å². The van der Waals surface area contributed by atoms with E-state index in [9.17, 15) is 0 Å². The van der Waals surface area contributed by atoms with Gasteiger partial charge in [-0.3, -0.25) is 9.97 Å². The van der Waals surface area contributed by atoms with E-state index in [4.69, 9.17) is 38.8 Å². The van der Waals surface area contributed by atoms with Crippen molar-refractivity contribution in [2.75, 3.05) is 45.8 Å². The van der Waals surface area contributed by atoms with Crippen LogP contribution in [0.2, 0.25) is 0 Å². The zero-order valence-electron chi connectivity index (χ0n) is 60.0. The third-order valence-corrected chi connectivity index (χ3v) is 33.5. The number of rotatable bonds is 11. The number of anilines is 4. The van der Waals surface area contributed by atoms with E-state index in [1.807, 2.05) is 54.9 Å². The van der Waals surface area contributed by atoms with Crippen molar-refractivity contribution in [3.05, 3.63) is 220 Å². The molecule has 3 aliphatic carbocycles. The SMILES string of the molecule is Brc1cccnc1C(c1ccccc1)c1ncccc1Br.C1CCC(P(C2CCCCC2)C2CCCCC2)CC1.CC(C)=C[CH]=[Ru-4]([Cl])([Cl])=[C]1N(c2c(C)cc(C)cc2C)CCN1c1c(C)cc(C)cc1C.Cc1cc(C)c(N2CCN(c3c(C)cc(C)cc3C)[C]2=[Ru-2]([Cl])[Cl])c(C)c1. The second-order valence-corrected chi connectivity index (χ2v) is 47.8. The Bertz CT molecular complexity index is 3740. The zero-order chi connectivity index (χ0) is 69.8. The third-order valence-electron chi connectivity index (χ3n) is 19.7. The minimum atomic E-state index is -3.33. The second kappa shape index (κ2) is 36.3. The summed E-state index contributed by atoms with van der Waals surface area (Å²) in [5, 5.41) is 0. The van der Waals surface area contributed by atoms with Gasteiger partial charge in [0.1, 0.15) is 0 Å². The summed E-state index contributed by atoms with van der Waals surface area (Å²) in [6, 6.07) is 36.1. The fourth-order valence-electron chi connectivity index (χ4n) is 16.2. The van der Waals surface area contributed by atoms with E-state index in [2.05, 4.69) is 230 Å². The van der Waals surface area contributed by atoms with Crippen LogP contribution in [0.3, 0.4) is 0 Å². The van der Waals surface area contributed by atoms with Gasteiger partial charge in [0.15, 0.2) is 0 Å². The molecule has 6 nitrogen and oxygen atoms in total. The summed E-state index contributed by atoms with van der Waals surface area (Å²) < 4.78 is 6.21. The molecule has 5 aromatic carbocycles. The topological polar surface area (TPSA) is 38.7 Å². The number of pyridine rings is 2. The average molecular weight is 1710 g/mol. The molecule has 2 aromatic heterocycles. The number of hydrogen-bond acceptors (Lipinski definition) is 6. The van der Waals surface area contributed by atoms with Gasteiger partial charge in [0.05, 0.1) is 17.3 Å². The molecule has 97 heavy (non-hydrogen) atoms. The molecule has 2 saturated heterocycles. The van der Waals surface area contributed by atoms with E-state index in [1.165, 1.54) is 131 Å². The first kappa shape index (κ1) is 77.9. The predicted octanol–water partition coefficient (Wildman–Crippen LogP) is 24.7. The molecule has 2 aliphatic heterocycles. The number of nitrogens with zero attached hydrogens (tertiary/aromatic N) is 6. The standard InChI is InChI=1S/2C21H26N2.C18H33P.C17H12Br2N2.C5H8.4ClH.2Ru/c2*1-14-9-16(3)20(17(4)10-14)22-7-8-23(13-22)21-18(5)11-15(2)12-19(21)6;1-4-10-16(11-5-1)19(17-12-6-2-7-13-17)18-14-8-3-9-15-18;18-13-8-4-10-20-16(13)15(12-6-2-1-3-7-12)17-14(19)9-5-11-21-17;1-4-5(2)3;;;;;;/h2*9-12H,7-8H2,1-6H3;16-18H,1-15H2;1-11,15H;1,4H,2-3H3;4*1H;;/q;;;;;;;;;;-2/p-4. The molecule has 3 saturated carbocycles. The van der Waals surface area contributed by atoms with Crippen molar-refractivity contribution >= 4 is 115 Å². The van der Waals surface area contributed by atoms with Crippen molar-refractivity contribution in [1.82, 2.24) is 9.97 Å². The van der Waals surface area contributed by atoms with Gasteiger partial charge in [0.2, 0.25) is 0 Å². The van der Waals surface area contributed by atoms with Crippen LogP contribution in [0.4, 0.5) is 22.7 Å². The molecular weight excluding hydrogens is 1600 g/mol. The number of aromatic nitrogens is 2. The summed E-state index contributed by atoms with van der Waals surface area (Å²) in [7, 11) is 28.2. The van der Waals surface area contributed by atoms with Crippen molar-refractivity contribution in [3.8, 4) is 0 Å². The Morgan fingerprint density at radius 1 is 0.464 bits per heavy atom. The minimum absolute atomic E-state index is 0.0163. The molecule has 12 rings (SSSR count). The fraction of sp³-hybridized carbons (Fsp3) is 0.451. The van der Waals surface area contributed by atoms with Crippen LogP contribution in [0.15, 0.2) is 136 Å². The maximum absolute atomic E-state index is 7.26. The molecule has 4 heterocycles. The van der Waals surface area contributed by atoms with E-state index >= 15 is 0 Å². The molecule has 15 heteroatoms. The normalized spacial score (nSPS) is 16.8. The number of aryl methyl sites for hydroxylation is 12. The van der Waals surface area contributed by atoms with Crippen molar-refractivity contribution in [3.63, 3.8) is 0 Å². The molecule has 5 fully saturated rings. The molecule has 0 atom stereocenters. The molecule has 532 valence electrons. The molecular formula is C82H105Br2Cl4N6PRu2-6.